The van der Waals surface area contributed by atoms with Crippen LogP contribution in [0, 0.1) is 6.92 Å². The molecule has 22 heavy (non-hydrogen) atoms. The molecule has 0 bridgehead atoms. The highest BCUT2D eigenvalue weighted by atomic mass is 32.1. The third kappa shape index (κ3) is 3.30. The predicted octanol–water partition coefficient (Wildman–Crippen LogP) is 4.90. The minimum Gasteiger partial charge on any atom is -0.494 e. The number of fused-ring (bicyclic) bond motifs is 1. The third-order valence-corrected chi connectivity index (χ3v) is 4.77. The van der Waals surface area contributed by atoms with Crippen LogP contribution in [0.15, 0.2) is 40.7 Å². The predicted molar refractivity (Wildman–Crippen MR) is 95.4 cm³/mol. The van der Waals surface area contributed by atoms with Crippen molar-refractivity contribution in [2.24, 2.45) is 4.99 Å². The van der Waals surface area contributed by atoms with E-state index in [9.17, 15) is 0 Å². The number of allylic oxidation sites excluding steroid dienone is 1. The molecule has 2 nitrogen and oxygen atoms in total. The fourth-order valence-corrected chi connectivity index (χ4v) is 3.39. The number of nitrogens with zero attached hydrogens (tertiary/aromatic N) is 1. The average Bonchev–Trinajstić information content (AvgIpc) is 2.95. The molecule has 0 N–H and O–H groups in total. The van der Waals surface area contributed by atoms with Crippen LogP contribution < -0.4 is 4.74 Å². The molecule has 0 radical (unpaired) electrons. The van der Waals surface area contributed by atoms with E-state index in [4.69, 9.17) is 4.74 Å². The largest absolute Gasteiger partial charge is 0.494 e. The Hall–Kier alpha value is -1.87. The molecule has 1 aliphatic heterocycles. The normalized spacial score (nSPS) is 14.0. The van der Waals surface area contributed by atoms with E-state index in [2.05, 4.69) is 60.6 Å². The van der Waals surface area contributed by atoms with Crippen LogP contribution in [0.1, 0.15) is 34.9 Å². The van der Waals surface area contributed by atoms with Crippen LogP contribution in [0.5, 0.6) is 5.75 Å². The topological polar surface area (TPSA) is 21.6 Å². The molecule has 0 atom stereocenters. The molecule has 0 aliphatic carbocycles. The fourth-order valence-electron chi connectivity index (χ4n) is 2.57. The molecule has 114 valence electrons. The van der Waals surface area contributed by atoms with E-state index in [1.807, 2.05) is 0 Å². The van der Waals surface area contributed by atoms with Crippen LogP contribution in [-0.2, 0) is 6.42 Å². The first kappa shape index (κ1) is 15.0. The van der Waals surface area contributed by atoms with Crippen LogP contribution >= 0.6 is 11.3 Å². The summed E-state index contributed by atoms with van der Waals surface area (Å²) < 4.78 is 5.73. The van der Waals surface area contributed by atoms with E-state index >= 15 is 0 Å². The number of ether oxygens (including phenoxy) is 1. The van der Waals surface area contributed by atoms with Crippen molar-refractivity contribution in [3.63, 3.8) is 0 Å². The molecule has 0 amide bonds. The Morgan fingerprint density at radius 3 is 2.95 bits per heavy atom. The van der Waals surface area contributed by atoms with E-state index in [1.54, 1.807) is 11.3 Å². The maximum atomic E-state index is 5.73. The van der Waals surface area contributed by atoms with Gasteiger partial charge in [-0.15, -0.1) is 11.3 Å². The minimum absolute atomic E-state index is 0.775. The van der Waals surface area contributed by atoms with Crippen molar-refractivity contribution in [1.82, 2.24) is 0 Å². The summed E-state index contributed by atoms with van der Waals surface area (Å²) >= 11 is 1.77. The van der Waals surface area contributed by atoms with Crippen LogP contribution in [0.3, 0.4) is 0 Å². The van der Waals surface area contributed by atoms with Crippen molar-refractivity contribution in [3.05, 3.63) is 57.3 Å². The molecule has 0 spiro atoms. The highest BCUT2D eigenvalue weighted by Crippen LogP contribution is 2.24. The standard InChI is InChI=1S/C19H21NOS/c1-3-11-21-16-4-5-17-15(13-16)8-10-20-18(17)6-7-19-14(2)9-12-22-19/h4-7,9,12-13H,3,8,10-11H2,1-2H3. The molecule has 3 heteroatoms. The van der Waals surface area contributed by atoms with Gasteiger partial charge in [-0.1, -0.05) is 6.92 Å². The first-order chi connectivity index (χ1) is 10.8. The smallest absolute Gasteiger partial charge is 0.119 e. The molecule has 2 heterocycles. The second-order valence-electron chi connectivity index (χ2n) is 5.49. The van der Waals surface area contributed by atoms with E-state index in [-0.39, 0.29) is 0 Å². The van der Waals surface area contributed by atoms with Crippen molar-refractivity contribution >= 4 is 23.1 Å². The SMILES string of the molecule is CCCOc1ccc2c(c1)CCN=C2C=Cc1sccc1C. The highest BCUT2D eigenvalue weighted by molar-refractivity contribution is 7.11. The number of hydrogen-bond donors (Lipinski definition) is 0. The van der Waals surface area contributed by atoms with Gasteiger partial charge in [0.15, 0.2) is 0 Å². The van der Waals surface area contributed by atoms with Crippen molar-refractivity contribution in [2.45, 2.75) is 26.7 Å². The Bertz CT molecular complexity index is 712. The number of aliphatic imine (C=N–C) groups is 1. The summed E-state index contributed by atoms with van der Waals surface area (Å²) in [5.41, 5.74) is 4.98. The molecular formula is C19H21NOS. The van der Waals surface area contributed by atoms with Gasteiger partial charge in [0.05, 0.1) is 12.3 Å². The lowest BCUT2D eigenvalue weighted by molar-refractivity contribution is 0.317. The molecule has 0 saturated carbocycles. The highest BCUT2D eigenvalue weighted by Gasteiger charge is 2.13. The Morgan fingerprint density at radius 1 is 1.27 bits per heavy atom. The van der Waals surface area contributed by atoms with Gasteiger partial charge in [0, 0.05) is 17.0 Å². The molecule has 1 aromatic carbocycles. The summed E-state index contributed by atoms with van der Waals surface area (Å²) in [5, 5.41) is 2.13. The van der Waals surface area contributed by atoms with Gasteiger partial charge in [0.2, 0.25) is 0 Å². The molecule has 0 saturated heterocycles. The summed E-state index contributed by atoms with van der Waals surface area (Å²) in [6.07, 6.45) is 6.35. The van der Waals surface area contributed by atoms with Crippen molar-refractivity contribution in [3.8, 4) is 5.75 Å². The number of thiophene rings is 1. The Kier molecular flexibility index (Phi) is 4.74. The second kappa shape index (κ2) is 6.93. The summed E-state index contributed by atoms with van der Waals surface area (Å²) in [7, 11) is 0. The van der Waals surface area contributed by atoms with Gasteiger partial charge in [-0.25, -0.2) is 0 Å². The monoisotopic (exact) mass is 311 g/mol. The summed E-state index contributed by atoms with van der Waals surface area (Å²) in [6.45, 7) is 5.90. The van der Waals surface area contributed by atoms with E-state index in [1.165, 1.54) is 21.6 Å². The number of hydrogen-bond acceptors (Lipinski definition) is 3. The molecule has 0 fully saturated rings. The van der Waals surface area contributed by atoms with Crippen LogP contribution in [0.2, 0.25) is 0 Å². The van der Waals surface area contributed by atoms with Crippen molar-refractivity contribution < 1.29 is 4.74 Å². The lowest BCUT2D eigenvalue weighted by Gasteiger charge is -2.16. The number of aryl methyl sites for hydroxylation is 1. The lowest BCUT2D eigenvalue weighted by atomic mass is 9.97. The maximum Gasteiger partial charge on any atom is 0.119 e. The molecule has 3 rings (SSSR count). The fraction of sp³-hybridized carbons (Fsp3) is 0.316. The minimum atomic E-state index is 0.775. The van der Waals surface area contributed by atoms with Gasteiger partial charge in [-0.3, -0.25) is 4.99 Å². The zero-order chi connectivity index (χ0) is 15.4. The van der Waals surface area contributed by atoms with Gasteiger partial charge >= 0.3 is 0 Å². The van der Waals surface area contributed by atoms with Gasteiger partial charge in [0.25, 0.3) is 0 Å². The van der Waals surface area contributed by atoms with E-state index in [0.29, 0.717) is 0 Å². The van der Waals surface area contributed by atoms with Gasteiger partial charge in [0.1, 0.15) is 5.75 Å². The summed E-state index contributed by atoms with van der Waals surface area (Å²) in [5.74, 6) is 0.972. The molecule has 0 unspecified atom stereocenters. The first-order valence-corrected chi connectivity index (χ1v) is 8.68. The Balaban J connectivity index is 1.82. The van der Waals surface area contributed by atoms with Crippen molar-refractivity contribution in [1.29, 1.82) is 0 Å². The molecule has 1 aliphatic rings. The summed E-state index contributed by atoms with van der Waals surface area (Å²) in [4.78, 5) is 5.99. The molecule has 1 aromatic heterocycles. The van der Waals surface area contributed by atoms with Crippen LogP contribution in [0.25, 0.3) is 6.08 Å². The Labute approximate surface area is 136 Å². The average molecular weight is 311 g/mol. The third-order valence-electron chi connectivity index (χ3n) is 3.78. The van der Waals surface area contributed by atoms with E-state index < -0.39 is 0 Å². The second-order valence-corrected chi connectivity index (χ2v) is 6.43. The quantitative estimate of drug-likeness (QED) is 0.769. The Morgan fingerprint density at radius 2 is 2.18 bits per heavy atom. The maximum absolute atomic E-state index is 5.73. The van der Waals surface area contributed by atoms with Gasteiger partial charge in [-0.05, 0) is 72.7 Å². The number of benzene rings is 1. The number of rotatable bonds is 5. The molecular weight excluding hydrogens is 290 g/mol. The van der Waals surface area contributed by atoms with Gasteiger partial charge in [-0.2, -0.15) is 0 Å². The molecule has 2 aromatic rings. The summed E-state index contributed by atoms with van der Waals surface area (Å²) in [6, 6.07) is 8.52. The van der Waals surface area contributed by atoms with Crippen LogP contribution in [0.4, 0.5) is 0 Å². The van der Waals surface area contributed by atoms with Crippen LogP contribution in [-0.4, -0.2) is 18.9 Å². The van der Waals surface area contributed by atoms with Gasteiger partial charge < -0.3 is 4.74 Å². The lowest BCUT2D eigenvalue weighted by Crippen LogP contribution is -2.11. The zero-order valence-electron chi connectivity index (χ0n) is 13.1. The van der Waals surface area contributed by atoms with Crippen molar-refractivity contribution in [2.75, 3.05) is 13.2 Å². The van der Waals surface area contributed by atoms with E-state index in [0.717, 1.165) is 37.5 Å². The first-order valence-electron chi connectivity index (χ1n) is 7.80. The zero-order valence-corrected chi connectivity index (χ0v) is 14.0.